The van der Waals surface area contributed by atoms with E-state index in [1.165, 1.54) is 24.3 Å². The van der Waals surface area contributed by atoms with Crippen LogP contribution in [0.1, 0.15) is 13.3 Å². The van der Waals surface area contributed by atoms with Crippen molar-refractivity contribution in [3.63, 3.8) is 0 Å². The van der Waals surface area contributed by atoms with E-state index in [1.807, 2.05) is 6.92 Å². The lowest BCUT2D eigenvalue weighted by Gasteiger charge is -2.16. The molecule has 92 valence electrons. The van der Waals surface area contributed by atoms with Crippen molar-refractivity contribution >= 4 is 17.4 Å². The molecule has 17 heavy (non-hydrogen) atoms. The molecule has 0 aliphatic rings. The summed E-state index contributed by atoms with van der Waals surface area (Å²) in [6, 6.07) is 5.51. The molecule has 1 aromatic rings. The number of hydrogen-bond acceptors (Lipinski definition) is 3. The normalized spacial score (nSPS) is 9.76. The van der Waals surface area contributed by atoms with Crippen molar-refractivity contribution in [1.82, 2.24) is 4.90 Å². The van der Waals surface area contributed by atoms with Crippen LogP contribution in [0.15, 0.2) is 24.3 Å². The van der Waals surface area contributed by atoms with Crippen LogP contribution in [0.4, 0.5) is 16.2 Å². The number of nitro groups is 1. The molecule has 0 aliphatic heterocycles. The smallest absolute Gasteiger partial charge is 0.321 e. The standard InChI is InChI=1S/C11H15N3O3/c1-3-8-13(2)11(15)12-9-4-6-10(7-5-9)14(16)17/h4-7H,3,8H2,1-2H3,(H,12,15). The van der Waals surface area contributed by atoms with Crippen LogP contribution in [0.2, 0.25) is 0 Å². The molecule has 0 bridgehead atoms. The van der Waals surface area contributed by atoms with E-state index < -0.39 is 4.92 Å². The lowest BCUT2D eigenvalue weighted by Crippen LogP contribution is -2.31. The molecule has 0 aromatic heterocycles. The summed E-state index contributed by atoms with van der Waals surface area (Å²) in [5.74, 6) is 0. The van der Waals surface area contributed by atoms with Gasteiger partial charge in [0.2, 0.25) is 0 Å². The highest BCUT2D eigenvalue weighted by Crippen LogP contribution is 2.15. The number of urea groups is 1. The Hall–Kier alpha value is -2.11. The van der Waals surface area contributed by atoms with E-state index in [0.717, 1.165) is 6.42 Å². The van der Waals surface area contributed by atoms with Gasteiger partial charge in [0.25, 0.3) is 5.69 Å². The third-order valence-corrected chi connectivity index (χ3v) is 2.24. The maximum absolute atomic E-state index is 11.6. The van der Waals surface area contributed by atoms with Crippen LogP contribution in [0, 0.1) is 10.1 Å². The molecule has 0 heterocycles. The van der Waals surface area contributed by atoms with E-state index in [4.69, 9.17) is 0 Å². The Bertz CT molecular complexity index is 403. The van der Waals surface area contributed by atoms with E-state index in [9.17, 15) is 14.9 Å². The molecule has 0 radical (unpaired) electrons. The fourth-order valence-corrected chi connectivity index (χ4v) is 1.32. The predicted molar refractivity (Wildman–Crippen MR) is 65.0 cm³/mol. The molecule has 6 nitrogen and oxygen atoms in total. The number of benzene rings is 1. The maximum atomic E-state index is 11.6. The van der Waals surface area contributed by atoms with Gasteiger partial charge in [-0.3, -0.25) is 10.1 Å². The first kappa shape index (κ1) is 13.0. The van der Waals surface area contributed by atoms with Crippen molar-refractivity contribution in [2.75, 3.05) is 18.9 Å². The van der Waals surface area contributed by atoms with Gasteiger partial charge in [-0.15, -0.1) is 0 Å². The van der Waals surface area contributed by atoms with E-state index in [-0.39, 0.29) is 11.7 Å². The average Bonchev–Trinajstić information content (AvgIpc) is 2.30. The quantitative estimate of drug-likeness (QED) is 0.645. The summed E-state index contributed by atoms with van der Waals surface area (Å²) in [5, 5.41) is 13.1. The Morgan fingerprint density at radius 1 is 1.41 bits per heavy atom. The van der Waals surface area contributed by atoms with Crippen LogP contribution in [0.3, 0.4) is 0 Å². The second-order valence-electron chi connectivity index (χ2n) is 3.66. The summed E-state index contributed by atoms with van der Waals surface area (Å²) in [4.78, 5) is 23.1. The number of nitrogens with one attached hydrogen (secondary N) is 1. The Kier molecular flexibility index (Phi) is 4.45. The van der Waals surface area contributed by atoms with Crippen molar-refractivity contribution in [2.45, 2.75) is 13.3 Å². The van der Waals surface area contributed by atoms with E-state index in [2.05, 4.69) is 5.32 Å². The Morgan fingerprint density at radius 3 is 2.47 bits per heavy atom. The van der Waals surface area contributed by atoms with Gasteiger partial charge in [0.15, 0.2) is 0 Å². The molecule has 0 unspecified atom stereocenters. The third kappa shape index (κ3) is 3.75. The second kappa shape index (κ2) is 5.83. The van der Waals surface area contributed by atoms with Gasteiger partial charge in [-0.2, -0.15) is 0 Å². The number of rotatable bonds is 4. The van der Waals surface area contributed by atoms with Gasteiger partial charge < -0.3 is 10.2 Å². The Morgan fingerprint density at radius 2 is 2.00 bits per heavy atom. The minimum Gasteiger partial charge on any atom is -0.328 e. The van der Waals surface area contributed by atoms with E-state index in [1.54, 1.807) is 11.9 Å². The van der Waals surface area contributed by atoms with Gasteiger partial charge in [-0.1, -0.05) is 6.92 Å². The first-order chi connectivity index (χ1) is 8.04. The van der Waals surface area contributed by atoms with Crippen LogP contribution < -0.4 is 5.32 Å². The first-order valence-corrected chi connectivity index (χ1v) is 5.31. The molecule has 0 aliphatic carbocycles. The second-order valence-corrected chi connectivity index (χ2v) is 3.66. The van der Waals surface area contributed by atoms with Crippen molar-refractivity contribution in [3.8, 4) is 0 Å². The first-order valence-electron chi connectivity index (χ1n) is 5.31. The van der Waals surface area contributed by atoms with Crippen molar-refractivity contribution in [2.24, 2.45) is 0 Å². The number of anilines is 1. The summed E-state index contributed by atoms with van der Waals surface area (Å²) in [7, 11) is 1.70. The molecular formula is C11H15N3O3. The highest BCUT2D eigenvalue weighted by molar-refractivity contribution is 5.89. The number of nitrogens with zero attached hydrogens (tertiary/aromatic N) is 2. The van der Waals surface area contributed by atoms with Gasteiger partial charge in [-0.05, 0) is 18.6 Å². The molecule has 0 atom stereocenters. The maximum Gasteiger partial charge on any atom is 0.321 e. The largest absolute Gasteiger partial charge is 0.328 e. The lowest BCUT2D eigenvalue weighted by molar-refractivity contribution is -0.384. The fourth-order valence-electron chi connectivity index (χ4n) is 1.32. The summed E-state index contributed by atoms with van der Waals surface area (Å²) in [6.07, 6.45) is 0.879. The predicted octanol–water partition coefficient (Wildman–Crippen LogP) is 2.47. The van der Waals surface area contributed by atoms with Crippen LogP contribution in [0.5, 0.6) is 0 Å². The third-order valence-electron chi connectivity index (χ3n) is 2.24. The highest BCUT2D eigenvalue weighted by atomic mass is 16.6. The molecule has 0 spiro atoms. The number of carbonyl (C=O) groups is 1. The number of carbonyl (C=O) groups excluding carboxylic acids is 1. The Labute approximate surface area is 99.4 Å². The monoisotopic (exact) mass is 237 g/mol. The van der Waals surface area contributed by atoms with Crippen molar-refractivity contribution in [1.29, 1.82) is 0 Å². The molecule has 0 fully saturated rings. The number of hydrogen-bond donors (Lipinski definition) is 1. The van der Waals surface area contributed by atoms with Crippen LogP contribution in [-0.4, -0.2) is 29.4 Å². The number of amides is 2. The number of nitro benzene ring substituents is 1. The van der Waals surface area contributed by atoms with E-state index in [0.29, 0.717) is 12.2 Å². The zero-order valence-electron chi connectivity index (χ0n) is 9.84. The summed E-state index contributed by atoms with van der Waals surface area (Å²) < 4.78 is 0. The molecular weight excluding hydrogens is 222 g/mol. The highest BCUT2D eigenvalue weighted by Gasteiger charge is 2.09. The van der Waals surface area contributed by atoms with Crippen LogP contribution in [-0.2, 0) is 0 Å². The minimum atomic E-state index is -0.477. The lowest BCUT2D eigenvalue weighted by atomic mass is 10.3. The van der Waals surface area contributed by atoms with Gasteiger partial charge in [0, 0.05) is 31.4 Å². The molecule has 0 saturated heterocycles. The zero-order chi connectivity index (χ0) is 12.8. The van der Waals surface area contributed by atoms with Crippen molar-refractivity contribution < 1.29 is 9.72 Å². The molecule has 0 saturated carbocycles. The number of non-ortho nitro benzene ring substituents is 1. The fraction of sp³-hybridized carbons (Fsp3) is 0.364. The SMILES string of the molecule is CCCN(C)C(=O)Nc1ccc([N+](=O)[O-])cc1. The molecule has 6 heteroatoms. The van der Waals surface area contributed by atoms with Crippen LogP contribution in [0.25, 0.3) is 0 Å². The Balaban J connectivity index is 2.63. The van der Waals surface area contributed by atoms with Gasteiger partial charge in [0.1, 0.15) is 0 Å². The average molecular weight is 237 g/mol. The summed E-state index contributed by atoms with van der Waals surface area (Å²) in [5.41, 5.74) is 0.550. The van der Waals surface area contributed by atoms with Crippen LogP contribution >= 0.6 is 0 Å². The molecule has 2 amide bonds. The minimum absolute atomic E-state index is 0.00455. The van der Waals surface area contributed by atoms with Gasteiger partial charge in [-0.25, -0.2) is 4.79 Å². The topological polar surface area (TPSA) is 75.5 Å². The summed E-state index contributed by atoms with van der Waals surface area (Å²) >= 11 is 0. The van der Waals surface area contributed by atoms with E-state index >= 15 is 0 Å². The molecule has 1 N–H and O–H groups in total. The molecule has 1 aromatic carbocycles. The molecule has 1 rings (SSSR count). The van der Waals surface area contributed by atoms with Crippen molar-refractivity contribution in [3.05, 3.63) is 34.4 Å². The zero-order valence-corrected chi connectivity index (χ0v) is 9.84. The van der Waals surface area contributed by atoms with Gasteiger partial charge >= 0.3 is 6.03 Å². The summed E-state index contributed by atoms with van der Waals surface area (Å²) in [6.45, 7) is 2.65. The van der Waals surface area contributed by atoms with Gasteiger partial charge in [0.05, 0.1) is 4.92 Å².